The van der Waals surface area contributed by atoms with Crippen molar-refractivity contribution >= 4 is 28.6 Å². The summed E-state index contributed by atoms with van der Waals surface area (Å²) in [5.41, 5.74) is 5.57. The van der Waals surface area contributed by atoms with Gasteiger partial charge in [0, 0.05) is 25.5 Å². The Kier molecular flexibility index (Phi) is 5.48. The third-order valence-corrected chi connectivity index (χ3v) is 5.44. The standard InChI is InChI=1S/C24H28N4O2/c1-5-9-19-21(23(29)30-6-2)22(16-12-14-17(15-13-16)27(3)4)28-20-11-8-7-10-18(20)25-24(28)26-19/h7-8,10-15,22H,5-6,9H2,1-4H3,(H,25,26)/t22-/m1/s1. The second-order valence-corrected chi connectivity index (χ2v) is 7.67. The van der Waals surface area contributed by atoms with Crippen LogP contribution >= 0.6 is 0 Å². The van der Waals surface area contributed by atoms with Gasteiger partial charge >= 0.3 is 5.97 Å². The molecular formula is C24H28N4O2. The number of allylic oxidation sites excluding steroid dienone is 1. The van der Waals surface area contributed by atoms with E-state index in [2.05, 4.69) is 46.0 Å². The van der Waals surface area contributed by atoms with E-state index in [-0.39, 0.29) is 12.0 Å². The van der Waals surface area contributed by atoms with E-state index in [1.165, 1.54) is 0 Å². The van der Waals surface area contributed by atoms with Crippen LogP contribution in [0.4, 0.5) is 11.6 Å². The molecule has 1 atom stereocenters. The summed E-state index contributed by atoms with van der Waals surface area (Å²) in [5.74, 6) is 0.480. The lowest BCUT2D eigenvalue weighted by molar-refractivity contribution is -0.139. The first-order chi connectivity index (χ1) is 14.5. The van der Waals surface area contributed by atoms with E-state index in [9.17, 15) is 4.79 Å². The molecule has 0 radical (unpaired) electrons. The average Bonchev–Trinajstić information content (AvgIpc) is 3.11. The summed E-state index contributed by atoms with van der Waals surface area (Å²) in [7, 11) is 4.04. The summed E-state index contributed by atoms with van der Waals surface area (Å²) in [5, 5.41) is 3.43. The summed E-state index contributed by atoms with van der Waals surface area (Å²) in [6, 6.07) is 16.1. The normalized spacial score (nSPS) is 15.7. The van der Waals surface area contributed by atoms with Crippen LogP contribution in [0.2, 0.25) is 0 Å². The zero-order valence-electron chi connectivity index (χ0n) is 18.0. The molecule has 0 unspecified atom stereocenters. The maximum absolute atomic E-state index is 13.1. The highest BCUT2D eigenvalue weighted by atomic mass is 16.5. The first-order valence-electron chi connectivity index (χ1n) is 10.5. The molecular weight excluding hydrogens is 376 g/mol. The Morgan fingerprint density at radius 3 is 2.53 bits per heavy atom. The number of ether oxygens (including phenoxy) is 1. The number of nitrogens with one attached hydrogen (secondary N) is 1. The molecule has 0 saturated heterocycles. The number of aromatic nitrogens is 2. The van der Waals surface area contributed by atoms with Crippen LogP contribution in [0, 0.1) is 0 Å². The molecule has 2 heterocycles. The Balaban J connectivity index is 1.95. The monoisotopic (exact) mass is 404 g/mol. The Bertz CT molecular complexity index is 1100. The molecule has 1 aliphatic rings. The predicted octanol–water partition coefficient (Wildman–Crippen LogP) is 4.73. The first kappa shape index (κ1) is 20.0. The van der Waals surface area contributed by atoms with E-state index < -0.39 is 0 Å². The van der Waals surface area contributed by atoms with Gasteiger partial charge in [0.05, 0.1) is 29.3 Å². The topological polar surface area (TPSA) is 59.4 Å². The van der Waals surface area contributed by atoms with Gasteiger partial charge < -0.3 is 15.0 Å². The molecule has 1 aliphatic heterocycles. The number of para-hydroxylation sites is 2. The largest absolute Gasteiger partial charge is 0.463 e. The first-order valence-corrected chi connectivity index (χ1v) is 10.5. The second kappa shape index (κ2) is 8.22. The minimum Gasteiger partial charge on any atom is -0.463 e. The molecule has 0 amide bonds. The van der Waals surface area contributed by atoms with E-state index in [1.54, 1.807) is 0 Å². The summed E-state index contributed by atoms with van der Waals surface area (Å²) in [6.45, 7) is 4.29. The number of hydrogen-bond acceptors (Lipinski definition) is 5. The number of imidazole rings is 1. The maximum atomic E-state index is 13.1. The molecule has 2 aromatic carbocycles. The van der Waals surface area contributed by atoms with Gasteiger partial charge in [0.1, 0.15) is 0 Å². The van der Waals surface area contributed by atoms with Crippen molar-refractivity contribution in [3.8, 4) is 0 Å². The molecule has 156 valence electrons. The predicted molar refractivity (Wildman–Crippen MR) is 121 cm³/mol. The molecule has 0 fully saturated rings. The van der Waals surface area contributed by atoms with Gasteiger partial charge in [-0.05, 0) is 43.2 Å². The van der Waals surface area contributed by atoms with Crippen molar-refractivity contribution in [2.45, 2.75) is 32.7 Å². The van der Waals surface area contributed by atoms with E-state index in [0.717, 1.165) is 46.8 Å². The van der Waals surface area contributed by atoms with Gasteiger partial charge in [0.25, 0.3) is 0 Å². The lowest BCUT2D eigenvalue weighted by Gasteiger charge is -2.31. The number of carbonyl (C=O) groups is 1. The Labute approximate surface area is 177 Å². The fourth-order valence-electron chi connectivity index (χ4n) is 4.05. The number of rotatable bonds is 6. The molecule has 6 nitrogen and oxygen atoms in total. The molecule has 0 aliphatic carbocycles. The number of benzene rings is 2. The van der Waals surface area contributed by atoms with Crippen molar-refractivity contribution in [2.75, 3.05) is 30.9 Å². The maximum Gasteiger partial charge on any atom is 0.338 e. The van der Waals surface area contributed by atoms with Crippen LogP contribution in [-0.4, -0.2) is 36.2 Å². The van der Waals surface area contributed by atoms with Crippen LogP contribution in [0.5, 0.6) is 0 Å². The fraction of sp³-hybridized carbons (Fsp3) is 0.333. The number of fused-ring (bicyclic) bond motifs is 3. The van der Waals surface area contributed by atoms with Crippen molar-refractivity contribution in [3.63, 3.8) is 0 Å². The second-order valence-electron chi connectivity index (χ2n) is 7.67. The van der Waals surface area contributed by atoms with Gasteiger partial charge in [-0.15, -0.1) is 0 Å². The average molecular weight is 405 g/mol. The number of carbonyl (C=O) groups excluding carboxylic acids is 1. The highest BCUT2D eigenvalue weighted by molar-refractivity contribution is 5.94. The highest BCUT2D eigenvalue weighted by Gasteiger charge is 2.35. The van der Waals surface area contributed by atoms with Crippen LogP contribution in [-0.2, 0) is 9.53 Å². The smallest absolute Gasteiger partial charge is 0.338 e. The lowest BCUT2D eigenvalue weighted by Crippen LogP contribution is -2.29. The van der Waals surface area contributed by atoms with Gasteiger partial charge in [0.2, 0.25) is 5.95 Å². The van der Waals surface area contributed by atoms with Crippen molar-refractivity contribution in [1.82, 2.24) is 9.55 Å². The third kappa shape index (κ3) is 3.43. The third-order valence-electron chi connectivity index (χ3n) is 5.44. The van der Waals surface area contributed by atoms with Crippen LogP contribution in [0.3, 0.4) is 0 Å². The number of nitrogens with zero attached hydrogens (tertiary/aromatic N) is 3. The van der Waals surface area contributed by atoms with Gasteiger partial charge in [-0.3, -0.25) is 4.57 Å². The highest BCUT2D eigenvalue weighted by Crippen LogP contribution is 2.40. The molecule has 4 rings (SSSR count). The van der Waals surface area contributed by atoms with Crippen LogP contribution in [0.25, 0.3) is 11.0 Å². The zero-order valence-corrected chi connectivity index (χ0v) is 18.0. The lowest BCUT2D eigenvalue weighted by atomic mass is 9.93. The number of esters is 1. The molecule has 0 bridgehead atoms. The van der Waals surface area contributed by atoms with Crippen LogP contribution < -0.4 is 10.2 Å². The number of hydrogen-bond donors (Lipinski definition) is 1. The van der Waals surface area contributed by atoms with Crippen molar-refractivity contribution in [2.24, 2.45) is 0 Å². The van der Waals surface area contributed by atoms with Gasteiger partial charge in [0.15, 0.2) is 0 Å². The SMILES string of the molecule is CCCC1=C(C(=O)OCC)[C@@H](c2ccc(N(C)C)cc2)n2c(nc3ccccc32)N1. The van der Waals surface area contributed by atoms with E-state index in [4.69, 9.17) is 9.72 Å². The molecule has 0 saturated carbocycles. The molecule has 0 spiro atoms. The summed E-state index contributed by atoms with van der Waals surface area (Å²) in [4.78, 5) is 20.0. The quantitative estimate of drug-likeness (QED) is 0.602. The molecule has 6 heteroatoms. The molecule has 1 aromatic heterocycles. The summed E-state index contributed by atoms with van der Waals surface area (Å²) >= 11 is 0. The van der Waals surface area contributed by atoms with E-state index in [1.807, 2.05) is 45.3 Å². The summed E-state index contributed by atoms with van der Waals surface area (Å²) in [6.07, 6.45) is 1.67. The zero-order chi connectivity index (χ0) is 21.3. The van der Waals surface area contributed by atoms with Crippen molar-refractivity contribution < 1.29 is 9.53 Å². The van der Waals surface area contributed by atoms with Crippen LogP contribution in [0.1, 0.15) is 38.3 Å². The summed E-state index contributed by atoms with van der Waals surface area (Å²) < 4.78 is 7.61. The van der Waals surface area contributed by atoms with Crippen molar-refractivity contribution in [3.05, 3.63) is 65.4 Å². The fourth-order valence-corrected chi connectivity index (χ4v) is 4.05. The van der Waals surface area contributed by atoms with Gasteiger partial charge in [-0.25, -0.2) is 9.78 Å². The Morgan fingerprint density at radius 2 is 1.87 bits per heavy atom. The minimum absolute atomic E-state index is 0.279. The molecule has 3 aromatic rings. The molecule has 30 heavy (non-hydrogen) atoms. The van der Waals surface area contributed by atoms with E-state index >= 15 is 0 Å². The van der Waals surface area contributed by atoms with Crippen molar-refractivity contribution in [1.29, 1.82) is 0 Å². The van der Waals surface area contributed by atoms with E-state index in [0.29, 0.717) is 12.2 Å². The number of anilines is 2. The Hall–Kier alpha value is -3.28. The molecule has 1 N–H and O–H groups in total. The van der Waals surface area contributed by atoms with Gasteiger partial charge in [-0.2, -0.15) is 0 Å². The Morgan fingerprint density at radius 1 is 1.13 bits per heavy atom. The van der Waals surface area contributed by atoms with Crippen LogP contribution in [0.15, 0.2) is 59.8 Å². The minimum atomic E-state index is -0.300. The van der Waals surface area contributed by atoms with Gasteiger partial charge in [-0.1, -0.05) is 37.6 Å².